The Balaban J connectivity index is 1.62. The third kappa shape index (κ3) is 6.84. The van der Waals surface area contributed by atoms with Gasteiger partial charge in [-0.25, -0.2) is 9.79 Å². The molecule has 0 N–H and O–H groups in total. The number of halogens is 1. The number of fused-ring (bicyclic) bond motifs is 1. The second-order valence-electron chi connectivity index (χ2n) is 10.0. The molecule has 46 heavy (non-hydrogen) atoms. The van der Waals surface area contributed by atoms with Crippen molar-refractivity contribution in [1.82, 2.24) is 4.57 Å². The minimum absolute atomic E-state index is 0.0171. The van der Waals surface area contributed by atoms with Crippen molar-refractivity contribution in [3.63, 3.8) is 0 Å². The van der Waals surface area contributed by atoms with Crippen molar-refractivity contribution in [2.45, 2.75) is 33.4 Å². The molecule has 13 heteroatoms. The summed E-state index contributed by atoms with van der Waals surface area (Å²) in [6, 6.07) is 16.3. The summed E-state index contributed by atoms with van der Waals surface area (Å²) < 4.78 is 25.6. The Labute approximate surface area is 281 Å². The smallest absolute Gasteiger partial charge is 0.338 e. The van der Waals surface area contributed by atoms with Crippen LogP contribution in [0.25, 0.3) is 6.08 Å². The third-order valence-electron chi connectivity index (χ3n) is 7.11. The van der Waals surface area contributed by atoms with Gasteiger partial charge in [0.25, 0.3) is 11.2 Å². The first-order valence-electron chi connectivity index (χ1n) is 14.3. The minimum atomic E-state index is -0.767. The van der Waals surface area contributed by atoms with Gasteiger partial charge in [0.2, 0.25) is 0 Å². The van der Waals surface area contributed by atoms with Crippen LogP contribution in [0.3, 0.4) is 0 Å². The Morgan fingerprint density at radius 3 is 2.43 bits per heavy atom. The van der Waals surface area contributed by atoms with Crippen molar-refractivity contribution in [1.29, 1.82) is 0 Å². The van der Waals surface area contributed by atoms with E-state index in [-0.39, 0.29) is 30.0 Å². The standard InChI is InChI=1S/C33H30IN3O8S/c1-5-43-25-13-9-21(10-14-25)29-28(32(39)44-6-2)19(3)35-33-36(29)31(38)27(46-33)16-22-15-23(34)17-26(42-4)30(22)45-18-20-7-11-24(12-8-20)37(40)41/h7-17,29H,5-6,18H2,1-4H3/b27-16-/t29-/m0/s1. The summed E-state index contributed by atoms with van der Waals surface area (Å²) in [4.78, 5) is 43.1. The number of benzene rings is 3. The molecule has 2 heterocycles. The number of aromatic nitrogens is 1. The number of esters is 1. The zero-order valence-electron chi connectivity index (χ0n) is 25.4. The minimum Gasteiger partial charge on any atom is -0.494 e. The number of methoxy groups -OCH3 is 1. The summed E-state index contributed by atoms with van der Waals surface area (Å²) in [6.45, 7) is 6.15. The molecule has 5 rings (SSSR count). The molecule has 4 aromatic rings. The molecule has 0 unspecified atom stereocenters. The van der Waals surface area contributed by atoms with E-state index in [0.717, 1.165) is 3.57 Å². The molecule has 0 saturated carbocycles. The topological polar surface area (TPSA) is 131 Å². The van der Waals surface area contributed by atoms with E-state index in [1.807, 2.05) is 31.2 Å². The Hall–Kier alpha value is -4.50. The van der Waals surface area contributed by atoms with Gasteiger partial charge in [-0.2, -0.15) is 0 Å². The number of carbonyl (C=O) groups is 1. The fourth-order valence-corrected chi connectivity index (χ4v) is 6.69. The van der Waals surface area contributed by atoms with Crippen LogP contribution in [0, 0.1) is 13.7 Å². The first-order valence-corrected chi connectivity index (χ1v) is 16.2. The average Bonchev–Trinajstić information content (AvgIpc) is 3.34. The van der Waals surface area contributed by atoms with Crippen molar-refractivity contribution in [3.8, 4) is 17.2 Å². The highest BCUT2D eigenvalue weighted by Gasteiger charge is 2.33. The largest absolute Gasteiger partial charge is 0.494 e. The van der Waals surface area contributed by atoms with Crippen LogP contribution in [0.1, 0.15) is 43.5 Å². The second-order valence-corrected chi connectivity index (χ2v) is 12.3. The van der Waals surface area contributed by atoms with E-state index in [4.69, 9.17) is 18.9 Å². The molecule has 0 fully saturated rings. The summed E-state index contributed by atoms with van der Waals surface area (Å²) in [7, 11) is 1.53. The lowest BCUT2D eigenvalue weighted by molar-refractivity contribution is -0.384. The normalized spacial score (nSPS) is 14.4. The lowest BCUT2D eigenvalue weighted by atomic mass is 9.96. The molecule has 0 spiro atoms. The van der Waals surface area contributed by atoms with Crippen molar-refractivity contribution in [2.24, 2.45) is 4.99 Å². The van der Waals surface area contributed by atoms with Gasteiger partial charge in [0.05, 0.1) is 47.1 Å². The summed E-state index contributed by atoms with van der Waals surface area (Å²) in [6.07, 6.45) is 1.72. The number of thiazole rings is 1. The number of nitrogens with zero attached hydrogens (tertiary/aromatic N) is 3. The summed E-state index contributed by atoms with van der Waals surface area (Å²) in [5.41, 5.74) is 2.41. The van der Waals surface area contributed by atoms with Gasteiger partial charge in [-0.1, -0.05) is 23.5 Å². The number of carbonyl (C=O) groups excluding carboxylic acids is 1. The van der Waals surface area contributed by atoms with Crippen LogP contribution in [0.5, 0.6) is 17.2 Å². The Morgan fingerprint density at radius 1 is 1.09 bits per heavy atom. The third-order valence-corrected chi connectivity index (χ3v) is 8.71. The van der Waals surface area contributed by atoms with Gasteiger partial charge in [-0.3, -0.25) is 19.5 Å². The molecular weight excluding hydrogens is 725 g/mol. The second kappa shape index (κ2) is 14.3. The number of nitro benzene ring substituents is 1. The first kappa shape index (κ1) is 32.9. The molecule has 3 aromatic carbocycles. The van der Waals surface area contributed by atoms with Gasteiger partial charge >= 0.3 is 5.97 Å². The predicted octanol–water partition coefficient (Wildman–Crippen LogP) is 5.30. The SMILES string of the molecule is CCOC(=O)C1=C(C)N=c2s/c(=C\c3cc(I)cc(OC)c3OCc3ccc([N+](=O)[O-])cc3)c(=O)n2[C@H]1c1ccc(OCC)cc1. The number of allylic oxidation sites excluding steroid dienone is 1. The maximum atomic E-state index is 14.2. The number of ether oxygens (including phenoxy) is 4. The van der Waals surface area contributed by atoms with Gasteiger partial charge in [-0.05, 0) is 97.0 Å². The highest BCUT2D eigenvalue weighted by molar-refractivity contribution is 14.1. The maximum absolute atomic E-state index is 14.2. The molecule has 1 aliphatic heterocycles. The van der Waals surface area contributed by atoms with Crippen LogP contribution in [0.4, 0.5) is 5.69 Å². The molecule has 1 atom stereocenters. The van der Waals surface area contributed by atoms with Crippen molar-refractivity contribution in [2.75, 3.05) is 20.3 Å². The van der Waals surface area contributed by atoms with Gasteiger partial charge in [-0.15, -0.1) is 0 Å². The van der Waals surface area contributed by atoms with Crippen LogP contribution >= 0.6 is 33.9 Å². The van der Waals surface area contributed by atoms with Crippen LogP contribution < -0.4 is 29.1 Å². The Bertz CT molecular complexity index is 2000. The van der Waals surface area contributed by atoms with Gasteiger partial charge in [0.1, 0.15) is 12.4 Å². The zero-order valence-corrected chi connectivity index (χ0v) is 28.4. The van der Waals surface area contributed by atoms with Crippen LogP contribution in [0.2, 0.25) is 0 Å². The molecule has 0 bridgehead atoms. The lowest BCUT2D eigenvalue weighted by Crippen LogP contribution is -2.39. The molecule has 0 saturated heterocycles. The van der Waals surface area contributed by atoms with Crippen molar-refractivity contribution < 1.29 is 28.7 Å². The van der Waals surface area contributed by atoms with Gasteiger partial charge < -0.3 is 18.9 Å². The van der Waals surface area contributed by atoms with Crippen LogP contribution in [0.15, 0.2) is 81.7 Å². The first-order chi connectivity index (χ1) is 22.1. The lowest BCUT2D eigenvalue weighted by Gasteiger charge is -2.24. The zero-order chi connectivity index (χ0) is 33.0. The fraction of sp³-hybridized carbons (Fsp3) is 0.242. The van der Waals surface area contributed by atoms with Gasteiger partial charge in [0.15, 0.2) is 16.3 Å². The van der Waals surface area contributed by atoms with E-state index in [0.29, 0.717) is 55.6 Å². The molecule has 0 aliphatic carbocycles. The molecular formula is C33H30IN3O8S. The van der Waals surface area contributed by atoms with Crippen molar-refractivity contribution in [3.05, 3.63) is 122 Å². The Kier molecular flexibility index (Phi) is 10.2. The van der Waals surface area contributed by atoms with E-state index in [1.54, 1.807) is 44.2 Å². The average molecular weight is 756 g/mol. The maximum Gasteiger partial charge on any atom is 0.338 e. The monoisotopic (exact) mass is 755 g/mol. The summed E-state index contributed by atoms with van der Waals surface area (Å²) >= 11 is 3.36. The van der Waals surface area contributed by atoms with E-state index >= 15 is 0 Å². The summed E-state index contributed by atoms with van der Waals surface area (Å²) in [5, 5.41) is 11.1. The molecule has 1 aromatic heterocycles. The number of nitro groups is 1. The quantitative estimate of drug-likeness (QED) is 0.0874. The predicted molar refractivity (Wildman–Crippen MR) is 181 cm³/mol. The molecule has 238 valence electrons. The number of rotatable bonds is 11. The number of hydrogen-bond acceptors (Lipinski definition) is 10. The molecule has 1 aliphatic rings. The fourth-order valence-electron chi connectivity index (χ4n) is 5.03. The highest BCUT2D eigenvalue weighted by atomic mass is 127. The number of hydrogen-bond donors (Lipinski definition) is 0. The van der Waals surface area contributed by atoms with Gasteiger partial charge in [0, 0.05) is 21.3 Å². The highest BCUT2D eigenvalue weighted by Crippen LogP contribution is 2.35. The van der Waals surface area contributed by atoms with E-state index < -0.39 is 16.9 Å². The molecule has 0 radical (unpaired) electrons. The number of non-ortho nitro benzene ring substituents is 1. The molecule has 11 nitrogen and oxygen atoms in total. The van der Waals surface area contributed by atoms with Crippen molar-refractivity contribution >= 4 is 51.7 Å². The Morgan fingerprint density at radius 2 is 1.80 bits per heavy atom. The van der Waals surface area contributed by atoms with Crippen LogP contribution in [-0.4, -0.2) is 35.8 Å². The van der Waals surface area contributed by atoms with E-state index in [2.05, 4.69) is 27.6 Å². The van der Waals surface area contributed by atoms with E-state index in [9.17, 15) is 19.7 Å². The summed E-state index contributed by atoms with van der Waals surface area (Å²) in [5.74, 6) is 0.992. The molecule has 0 amide bonds. The van der Waals surface area contributed by atoms with E-state index in [1.165, 1.54) is 35.1 Å². The van der Waals surface area contributed by atoms with Crippen LogP contribution in [-0.2, 0) is 16.1 Å².